The van der Waals surface area contributed by atoms with Crippen molar-refractivity contribution in [3.05, 3.63) is 40.1 Å². The standard InChI is InChI=1S/C10H9N5O2S/c1-6-9(18-10(11)12-6)14-13-7-3-2-4-8(5-7)15(16)17/h2-5H,1H3,(H2,11,12). The SMILES string of the molecule is Cc1nc(N)sc1N=Nc1cccc([N+](=O)[O-])c1. The van der Waals surface area contributed by atoms with Crippen LogP contribution in [0.3, 0.4) is 0 Å². The van der Waals surface area contributed by atoms with Crippen LogP contribution < -0.4 is 5.73 Å². The Labute approximate surface area is 106 Å². The van der Waals surface area contributed by atoms with Crippen molar-refractivity contribution in [1.29, 1.82) is 0 Å². The van der Waals surface area contributed by atoms with Crippen molar-refractivity contribution in [2.24, 2.45) is 10.2 Å². The summed E-state index contributed by atoms with van der Waals surface area (Å²) in [6.45, 7) is 1.77. The van der Waals surface area contributed by atoms with Crippen molar-refractivity contribution >= 4 is 32.8 Å². The van der Waals surface area contributed by atoms with E-state index in [1.165, 1.54) is 23.5 Å². The third-order valence-corrected chi connectivity index (χ3v) is 2.96. The summed E-state index contributed by atoms with van der Waals surface area (Å²) in [5.74, 6) is 0. The van der Waals surface area contributed by atoms with E-state index in [2.05, 4.69) is 15.2 Å². The van der Waals surface area contributed by atoms with E-state index in [0.717, 1.165) is 0 Å². The Bertz CT molecular complexity index is 622. The number of rotatable bonds is 3. The zero-order valence-electron chi connectivity index (χ0n) is 9.40. The summed E-state index contributed by atoms with van der Waals surface area (Å²) in [6, 6.07) is 5.94. The van der Waals surface area contributed by atoms with Crippen LogP contribution in [0.15, 0.2) is 34.5 Å². The van der Waals surface area contributed by atoms with Crippen molar-refractivity contribution in [3.8, 4) is 0 Å². The smallest absolute Gasteiger partial charge is 0.271 e. The van der Waals surface area contributed by atoms with Crippen LogP contribution in [-0.4, -0.2) is 9.91 Å². The van der Waals surface area contributed by atoms with E-state index in [-0.39, 0.29) is 5.69 Å². The van der Waals surface area contributed by atoms with Crippen LogP contribution >= 0.6 is 11.3 Å². The number of anilines is 1. The van der Waals surface area contributed by atoms with Gasteiger partial charge in [-0.15, -0.1) is 10.2 Å². The number of nitrogens with zero attached hydrogens (tertiary/aromatic N) is 4. The average molecular weight is 263 g/mol. The molecule has 0 unspecified atom stereocenters. The summed E-state index contributed by atoms with van der Waals surface area (Å²) in [7, 11) is 0. The number of aryl methyl sites for hydroxylation is 1. The Hall–Kier alpha value is -2.35. The number of thiazole rings is 1. The average Bonchev–Trinajstić information content (AvgIpc) is 2.65. The molecule has 0 saturated heterocycles. The van der Waals surface area contributed by atoms with Gasteiger partial charge in [-0.2, -0.15) is 0 Å². The van der Waals surface area contributed by atoms with Crippen LogP contribution in [0.2, 0.25) is 0 Å². The van der Waals surface area contributed by atoms with Gasteiger partial charge in [-0.1, -0.05) is 17.4 Å². The fraction of sp³-hybridized carbons (Fsp3) is 0.100. The van der Waals surface area contributed by atoms with Crippen molar-refractivity contribution in [2.75, 3.05) is 5.73 Å². The zero-order chi connectivity index (χ0) is 13.1. The lowest BCUT2D eigenvalue weighted by molar-refractivity contribution is -0.384. The second kappa shape index (κ2) is 4.88. The van der Waals surface area contributed by atoms with Gasteiger partial charge in [-0.25, -0.2) is 4.98 Å². The molecule has 0 aliphatic carbocycles. The Morgan fingerprint density at radius 1 is 1.44 bits per heavy atom. The second-order valence-corrected chi connectivity index (χ2v) is 4.43. The zero-order valence-corrected chi connectivity index (χ0v) is 10.2. The lowest BCUT2D eigenvalue weighted by Crippen LogP contribution is -1.85. The van der Waals surface area contributed by atoms with Crippen molar-refractivity contribution in [1.82, 2.24) is 4.98 Å². The van der Waals surface area contributed by atoms with Gasteiger partial charge in [0.15, 0.2) is 10.1 Å². The van der Waals surface area contributed by atoms with Gasteiger partial charge in [0, 0.05) is 12.1 Å². The Morgan fingerprint density at radius 3 is 2.83 bits per heavy atom. The summed E-state index contributed by atoms with van der Waals surface area (Å²) in [6.07, 6.45) is 0. The lowest BCUT2D eigenvalue weighted by atomic mass is 10.3. The fourth-order valence-corrected chi connectivity index (χ4v) is 1.93. The monoisotopic (exact) mass is 263 g/mol. The quantitative estimate of drug-likeness (QED) is 0.520. The van der Waals surface area contributed by atoms with Crippen LogP contribution in [0.25, 0.3) is 0 Å². The first-order chi connectivity index (χ1) is 8.56. The molecule has 8 heteroatoms. The first-order valence-corrected chi connectivity index (χ1v) is 5.77. The predicted molar refractivity (Wildman–Crippen MR) is 68.5 cm³/mol. The molecule has 2 N–H and O–H groups in total. The number of azo groups is 1. The maximum absolute atomic E-state index is 10.6. The van der Waals surface area contributed by atoms with Crippen LogP contribution in [0.1, 0.15) is 5.69 Å². The highest BCUT2D eigenvalue weighted by Gasteiger charge is 2.06. The largest absolute Gasteiger partial charge is 0.375 e. The number of nitro benzene ring substituents is 1. The van der Waals surface area contributed by atoms with E-state index in [9.17, 15) is 10.1 Å². The number of nitro groups is 1. The van der Waals surface area contributed by atoms with Gasteiger partial charge in [0.05, 0.1) is 16.3 Å². The number of benzene rings is 1. The molecule has 1 aromatic heterocycles. The molecular formula is C10H9N5O2S. The molecule has 1 aromatic carbocycles. The van der Waals surface area contributed by atoms with E-state index in [0.29, 0.717) is 21.5 Å². The van der Waals surface area contributed by atoms with Crippen LogP contribution in [-0.2, 0) is 0 Å². The molecule has 7 nitrogen and oxygen atoms in total. The fourth-order valence-electron chi connectivity index (χ4n) is 1.27. The maximum Gasteiger partial charge on any atom is 0.271 e. The molecule has 92 valence electrons. The maximum atomic E-state index is 10.6. The van der Waals surface area contributed by atoms with E-state index in [1.54, 1.807) is 19.1 Å². The van der Waals surface area contributed by atoms with E-state index >= 15 is 0 Å². The molecule has 18 heavy (non-hydrogen) atoms. The number of nitrogens with two attached hydrogens (primary N) is 1. The molecule has 0 aliphatic heterocycles. The van der Waals surface area contributed by atoms with Crippen molar-refractivity contribution < 1.29 is 4.92 Å². The molecule has 0 spiro atoms. The van der Waals surface area contributed by atoms with E-state index in [1.807, 2.05) is 0 Å². The number of nitrogen functional groups attached to an aromatic ring is 1. The number of aromatic nitrogens is 1. The van der Waals surface area contributed by atoms with Gasteiger partial charge in [0.25, 0.3) is 5.69 Å². The molecule has 1 heterocycles. The summed E-state index contributed by atoms with van der Waals surface area (Å²) >= 11 is 1.22. The number of hydrogen-bond acceptors (Lipinski definition) is 7. The Morgan fingerprint density at radius 2 is 2.22 bits per heavy atom. The molecule has 0 amide bonds. The van der Waals surface area contributed by atoms with Gasteiger partial charge in [0.2, 0.25) is 0 Å². The van der Waals surface area contributed by atoms with Crippen LogP contribution in [0.4, 0.5) is 21.5 Å². The minimum absolute atomic E-state index is 0.0213. The van der Waals surface area contributed by atoms with Gasteiger partial charge in [0.1, 0.15) is 0 Å². The first kappa shape index (κ1) is 12.1. The van der Waals surface area contributed by atoms with Gasteiger partial charge < -0.3 is 5.73 Å². The van der Waals surface area contributed by atoms with Gasteiger partial charge >= 0.3 is 0 Å². The molecule has 0 fully saturated rings. The normalized spacial score (nSPS) is 10.9. The summed E-state index contributed by atoms with van der Waals surface area (Å²) in [4.78, 5) is 14.1. The Kier molecular flexibility index (Phi) is 3.28. The van der Waals surface area contributed by atoms with Gasteiger partial charge in [-0.05, 0) is 13.0 Å². The molecular weight excluding hydrogens is 254 g/mol. The highest BCUT2D eigenvalue weighted by molar-refractivity contribution is 7.19. The minimum atomic E-state index is -0.477. The topological polar surface area (TPSA) is 107 Å². The van der Waals surface area contributed by atoms with Gasteiger partial charge in [-0.3, -0.25) is 10.1 Å². The van der Waals surface area contributed by atoms with Crippen molar-refractivity contribution in [2.45, 2.75) is 6.92 Å². The minimum Gasteiger partial charge on any atom is -0.375 e. The number of hydrogen-bond donors (Lipinski definition) is 1. The summed E-state index contributed by atoms with van der Waals surface area (Å²) in [5.41, 5.74) is 6.61. The molecule has 2 rings (SSSR count). The lowest BCUT2D eigenvalue weighted by Gasteiger charge is -1.92. The summed E-state index contributed by atoms with van der Waals surface area (Å²) < 4.78 is 0. The molecule has 0 aliphatic rings. The van der Waals surface area contributed by atoms with Crippen molar-refractivity contribution in [3.63, 3.8) is 0 Å². The highest BCUT2D eigenvalue weighted by atomic mass is 32.1. The second-order valence-electron chi connectivity index (χ2n) is 3.42. The first-order valence-electron chi connectivity index (χ1n) is 4.95. The summed E-state index contributed by atoms with van der Waals surface area (Å²) in [5, 5.41) is 19.5. The molecule has 0 bridgehead atoms. The molecule has 0 saturated carbocycles. The molecule has 0 radical (unpaired) electrons. The van der Waals surface area contributed by atoms with Crippen LogP contribution in [0.5, 0.6) is 0 Å². The van der Waals surface area contributed by atoms with Crippen LogP contribution in [0, 0.1) is 17.0 Å². The predicted octanol–water partition coefficient (Wildman–Crippen LogP) is 3.36. The molecule has 0 atom stereocenters. The Balaban J connectivity index is 2.26. The third kappa shape index (κ3) is 2.66. The van der Waals surface area contributed by atoms with E-state index < -0.39 is 4.92 Å². The number of non-ortho nitro benzene ring substituents is 1. The van der Waals surface area contributed by atoms with E-state index in [4.69, 9.17) is 5.73 Å². The third-order valence-electron chi connectivity index (χ3n) is 2.09. The molecule has 2 aromatic rings. The highest BCUT2D eigenvalue weighted by Crippen LogP contribution is 2.30.